The Balaban J connectivity index is 1.56. The first kappa shape index (κ1) is 17.7. The molecule has 1 aliphatic carbocycles. The van der Waals surface area contributed by atoms with E-state index < -0.39 is 0 Å². The summed E-state index contributed by atoms with van der Waals surface area (Å²) in [6.45, 7) is 1.36. The SMILES string of the molecule is COCC1(CNC(=O)c2cccc(-c3nccc4ccccc34)c2)CCC1. The second kappa shape index (κ2) is 7.49. The fourth-order valence-electron chi connectivity index (χ4n) is 3.88. The summed E-state index contributed by atoms with van der Waals surface area (Å²) in [7, 11) is 1.72. The number of aromatic nitrogens is 1. The fraction of sp³-hybridized carbons (Fsp3) is 0.304. The van der Waals surface area contributed by atoms with Crippen LogP contribution in [0.4, 0.5) is 0 Å². The number of nitrogens with zero attached hydrogens (tertiary/aromatic N) is 1. The molecule has 0 radical (unpaired) electrons. The molecule has 4 nitrogen and oxygen atoms in total. The van der Waals surface area contributed by atoms with Gasteiger partial charge in [0.2, 0.25) is 0 Å². The summed E-state index contributed by atoms with van der Waals surface area (Å²) in [6, 6.07) is 17.9. The van der Waals surface area contributed by atoms with Gasteiger partial charge in [-0.1, -0.05) is 42.8 Å². The summed E-state index contributed by atoms with van der Waals surface area (Å²) < 4.78 is 5.35. The van der Waals surface area contributed by atoms with Crippen molar-refractivity contribution in [2.24, 2.45) is 5.41 Å². The summed E-state index contributed by atoms with van der Waals surface area (Å²) in [4.78, 5) is 17.3. The van der Waals surface area contributed by atoms with Gasteiger partial charge in [0.05, 0.1) is 12.3 Å². The van der Waals surface area contributed by atoms with Gasteiger partial charge < -0.3 is 10.1 Å². The van der Waals surface area contributed by atoms with Crippen LogP contribution in [-0.4, -0.2) is 31.2 Å². The van der Waals surface area contributed by atoms with E-state index in [-0.39, 0.29) is 11.3 Å². The number of amides is 1. The maximum atomic E-state index is 12.7. The molecule has 1 N–H and O–H groups in total. The average molecular weight is 360 g/mol. The molecule has 1 saturated carbocycles. The molecule has 0 spiro atoms. The topological polar surface area (TPSA) is 51.2 Å². The third-order valence-electron chi connectivity index (χ3n) is 5.56. The van der Waals surface area contributed by atoms with Crippen molar-refractivity contribution in [2.75, 3.05) is 20.3 Å². The van der Waals surface area contributed by atoms with Gasteiger partial charge in [-0.2, -0.15) is 0 Å². The fourth-order valence-corrected chi connectivity index (χ4v) is 3.88. The van der Waals surface area contributed by atoms with Gasteiger partial charge in [-0.15, -0.1) is 0 Å². The van der Waals surface area contributed by atoms with Crippen molar-refractivity contribution in [3.63, 3.8) is 0 Å². The monoisotopic (exact) mass is 360 g/mol. The number of fused-ring (bicyclic) bond motifs is 1. The standard InChI is InChI=1S/C23H24N2O2/c1-27-16-23(11-5-12-23)15-25-22(26)19-8-4-7-18(14-19)21-20-9-3-2-6-17(20)10-13-24-21/h2-4,6-10,13-14H,5,11-12,15-16H2,1H3,(H,25,26). The van der Waals surface area contributed by atoms with Gasteiger partial charge in [0.1, 0.15) is 0 Å². The average Bonchev–Trinajstić information content (AvgIpc) is 2.69. The Hall–Kier alpha value is -2.72. The molecule has 1 heterocycles. The number of rotatable bonds is 6. The van der Waals surface area contributed by atoms with Crippen molar-refractivity contribution >= 4 is 16.7 Å². The zero-order chi connectivity index (χ0) is 18.7. The minimum atomic E-state index is -0.0422. The highest BCUT2D eigenvalue weighted by Crippen LogP contribution is 2.40. The Kier molecular flexibility index (Phi) is 4.90. The number of ether oxygens (including phenoxy) is 1. The van der Waals surface area contributed by atoms with Crippen LogP contribution >= 0.6 is 0 Å². The number of methoxy groups -OCH3 is 1. The van der Waals surface area contributed by atoms with Gasteiger partial charge in [0.15, 0.2) is 0 Å². The highest BCUT2D eigenvalue weighted by atomic mass is 16.5. The lowest BCUT2D eigenvalue weighted by atomic mass is 9.69. The number of benzene rings is 2. The van der Waals surface area contributed by atoms with Gasteiger partial charge in [-0.3, -0.25) is 9.78 Å². The summed E-state index contributed by atoms with van der Waals surface area (Å²) in [5.41, 5.74) is 2.63. The molecule has 0 atom stereocenters. The molecular weight excluding hydrogens is 336 g/mol. The van der Waals surface area contributed by atoms with E-state index in [2.05, 4.69) is 22.4 Å². The molecule has 4 rings (SSSR count). The molecule has 1 aliphatic rings. The molecule has 2 aromatic carbocycles. The minimum Gasteiger partial charge on any atom is -0.384 e. The lowest BCUT2D eigenvalue weighted by Gasteiger charge is -2.41. The minimum absolute atomic E-state index is 0.0422. The first-order valence-corrected chi connectivity index (χ1v) is 9.42. The van der Waals surface area contributed by atoms with E-state index in [4.69, 9.17) is 4.74 Å². The second-order valence-electron chi connectivity index (χ2n) is 7.43. The van der Waals surface area contributed by atoms with Gasteiger partial charge in [0, 0.05) is 41.8 Å². The third kappa shape index (κ3) is 3.58. The third-order valence-corrected chi connectivity index (χ3v) is 5.56. The van der Waals surface area contributed by atoms with Crippen molar-refractivity contribution in [3.05, 3.63) is 66.4 Å². The van der Waals surface area contributed by atoms with Crippen LogP contribution in [0.3, 0.4) is 0 Å². The number of pyridine rings is 1. The lowest BCUT2D eigenvalue weighted by Crippen LogP contribution is -2.45. The molecule has 0 unspecified atom stereocenters. The molecule has 1 fully saturated rings. The Bertz CT molecular complexity index is 958. The zero-order valence-corrected chi connectivity index (χ0v) is 15.6. The quantitative estimate of drug-likeness (QED) is 0.707. The van der Waals surface area contributed by atoms with Crippen molar-refractivity contribution < 1.29 is 9.53 Å². The zero-order valence-electron chi connectivity index (χ0n) is 15.6. The Morgan fingerprint density at radius 3 is 2.78 bits per heavy atom. The highest BCUT2D eigenvalue weighted by molar-refractivity contribution is 5.98. The molecule has 0 saturated heterocycles. The summed E-state index contributed by atoms with van der Waals surface area (Å²) >= 11 is 0. The van der Waals surface area contributed by atoms with Crippen LogP contribution in [0.15, 0.2) is 60.8 Å². The molecule has 1 aromatic heterocycles. The van der Waals surface area contributed by atoms with Crippen LogP contribution in [0.2, 0.25) is 0 Å². The van der Waals surface area contributed by atoms with Crippen LogP contribution in [0.5, 0.6) is 0 Å². The lowest BCUT2D eigenvalue weighted by molar-refractivity contribution is 0.0180. The maximum Gasteiger partial charge on any atom is 0.251 e. The molecule has 3 aromatic rings. The highest BCUT2D eigenvalue weighted by Gasteiger charge is 2.37. The Morgan fingerprint density at radius 1 is 1.15 bits per heavy atom. The largest absolute Gasteiger partial charge is 0.384 e. The number of nitrogens with one attached hydrogen (secondary N) is 1. The Morgan fingerprint density at radius 2 is 2.00 bits per heavy atom. The molecule has 0 bridgehead atoms. The molecule has 0 aliphatic heterocycles. The summed E-state index contributed by atoms with van der Waals surface area (Å²) in [6.07, 6.45) is 5.25. The maximum absolute atomic E-state index is 12.7. The van der Waals surface area contributed by atoms with Gasteiger partial charge in [-0.25, -0.2) is 0 Å². The summed E-state index contributed by atoms with van der Waals surface area (Å²) in [5, 5.41) is 5.33. The smallest absolute Gasteiger partial charge is 0.251 e. The van der Waals surface area contributed by atoms with Crippen LogP contribution in [0, 0.1) is 5.41 Å². The van der Waals surface area contributed by atoms with Crippen molar-refractivity contribution in [1.29, 1.82) is 0 Å². The van der Waals surface area contributed by atoms with Crippen LogP contribution < -0.4 is 5.32 Å². The van der Waals surface area contributed by atoms with Gasteiger partial charge >= 0.3 is 0 Å². The van der Waals surface area contributed by atoms with Crippen molar-refractivity contribution in [2.45, 2.75) is 19.3 Å². The van der Waals surface area contributed by atoms with Gasteiger partial charge in [0.25, 0.3) is 5.91 Å². The predicted molar refractivity (Wildman–Crippen MR) is 108 cm³/mol. The summed E-state index contributed by atoms with van der Waals surface area (Å²) in [5.74, 6) is -0.0422. The molecule has 1 amide bonds. The number of hydrogen-bond acceptors (Lipinski definition) is 3. The first-order valence-electron chi connectivity index (χ1n) is 9.42. The van der Waals surface area contributed by atoms with E-state index in [0.29, 0.717) is 18.7 Å². The van der Waals surface area contributed by atoms with E-state index in [9.17, 15) is 4.79 Å². The predicted octanol–water partition coefficient (Wildman–Crippen LogP) is 4.45. The molecular formula is C23H24N2O2. The van der Waals surface area contributed by atoms with E-state index >= 15 is 0 Å². The van der Waals surface area contributed by atoms with E-state index in [1.807, 2.05) is 48.7 Å². The number of hydrogen-bond donors (Lipinski definition) is 1. The molecule has 138 valence electrons. The number of carbonyl (C=O) groups is 1. The first-order chi connectivity index (χ1) is 13.2. The molecule has 4 heteroatoms. The van der Waals surface area contributed by atoms with Crippen LogP contribution in [0.1, 0.15) is 29.6 Å². The van der Waals surface area contributed by atoms with Crippen LogP contribution in [0.25, 0.3) is 22.0 Å². The Labute approximate surface area is 159 Å². The molecule has 27 heavy (non-hydrogen) atoms. The second-order valence-corrected chi connectivity index (χ2v) is 7.43. The van der Waals surface area contributed by atoms with Crippen LogP contribution in [-0.2, 0) is 4.74 Å². The normalized spacial score (nSPS) is 15.3. The van der Waals surface area contributed by atoms with E-state index in [1.165, 1.54) is 6.42 Å². The van der Waals surface area contributed by atoms with Crippen molar-refractivity contribution in [3.8, 4) is 11.3 Å². The van der Waals surface area contributed by atoms with E-state index in [0.717, 1.165) is 34.9 Å². The van der Waals surface area contributed by atoms with Gasteiger partial charge in [-0.05, 0) is 36.4 Å². The van der Waals surface area contributed by atoms with E-state index in [1.54, 1.807) is 7.11 Å². The van der Waals surface area contributed by atoms with Crippen molar-refractivity contribution in [1.82, 2.24) is 10.3 Å². The number of carbonyl (C=O) groups excluding carboxylic acids is 1.